The second kappa shape index (κ2) is 7.38. The third kappa shape index (κ3) is 4.18. The van der Waals surface area contributed by atoms with Crippen LogP contribution in [0.4, 0.5) is 0 Å². The van der Waals surface area contributed by atoms with E-state index in [1.165, 1.54) is 12.1 Å². The Balaban J connectivity index is 1.64. The molecule has 5 heteroatoms. The van der Waals surface area contributed by atoms with Gasteiger partial charge in [0.15, 0.2) is 0 Å². The molecular weight excluding hydrogens is 318 g/mol. The second-order valence-electron chi connectivity index (χ2n) is 6.51. The van der Waals surface area contributed by atoms with Gasteiger partial charge < -0.3 is 15.1 Å². The van der Waals surface area contributed by atoms with Gasteiger partial charge >= 0.3 is 5.97 Å². The number of benzene rings is 2. The van der Waals surface area contributed by atoms with Gasteiger partial charge in [0.25, 0.3) is 5.91 Å². The molecule has 1 atom stereocenters. The number of carbonyl (C=O) groups excluding carboxylic acids is 1. The highest BCUT2D eigenvalue weighted by Crippen LogP contribution is 2.23. The smallest absolute Gasteiger partial charge is 0.335 e. The summed E-state index contributed by atoms with van der Waals surface area (Å²) in [5, 5.41) is 18.3. The molecule has 0 saturated carbocycles. The number of aromatic hydroxyl groups is 1. The molecule has 5 nitrogen and oxygen atoms in total. The summed E-state index contributed by atoms with van der Waals surface area (Å²) in [6, 6.07) is 13.3. The minimum atomic E-state index is -0.995. The molecule has 0 bridgehead atoms. The van der Waals surface area contributed by atoms with Crippen LogP contribution in [0, 0.1) is 5.92 Å². The second-order valence-corrected chi connectivity index (χ2v) is 6.51. The maximum atomic E-state index is 12.7. The highest BCUT2D eigenvalue weighted by Gasteiger charge is 2.24. The van der Waals surface area contributed by atoms with E-state index in [0.29, 0.717) is 18.0 Å². The summed E-state index contributed by atoms with van der Waals surface area (Å²) in [5.41, 5.74) is 1.86. The predicted molar refractivity (Wildman–Crippen MR) is 93.8 cm³/mol. The van der Waals surface area contributed by atoms with Crippen LogP contribution in [-0.4, -0.2) is 40.1 Å². The van der Waals surface area contributed by atoms with E-state index in [0.717, 1.165) is 31.4 Å². The number of piperidine rings is 1. The number of amides is 1. The van der Waals surface area contributed by atoms with E-state index >= 15 is 0 Å². The zero-order chi connectivity index (χ0) is 17.8. The zero-order valence-corrected chi connectivity index (χ0v) is 13.9. The van der Waals surface area contributed by atoms with Crippen molar-refractivity contribution in [2.45, 2.75) is 19.3 Å². The van der Waals surface area contributed by atoms with Crippen LogP contribution in [-0.2, 0) is 6.42 Å². The quantitative estimate of drug-likeness (QED) is 0.897. The van der Waals surface area contributed by atoms with Crippen LogP contribution in [0.1, 0.15) is 39.1 Å². The highest BCUT2D eigenvalue weighted by molar-refractivity contribution is 5.96. The minimum absolute atomic E-state index is 0.0488. The van der Waals surface area contributed by atoms with E-state index in [2.05, 4.69) is 0 Å². The van der Waals surface area contributed by atoms with Crippen LogP contribution in [0.25, 0.3) is 0 Å². The molecule has 1 aliphatic rings. The molecule has 2 aromatic carbocycles. The summed E-state index contributed by atoms with van der Waals surface area (Å²) in [4.78, 5) is 25.4. The van der Waals surface area contributed by atoms with Crippen molar-refractivity contribution in [3.05, 3.63) is 65.2 Å². The number of hydrogen-bond donors (Lipinski definition) is 2. The molecule has 1 amide bonds. The molecule has 0 spiro atoms. The zero-order valence-electron chi connectivity index (χ0n) is 13.9. The number of phenolic OH excluding ortho intramolecular Hbond substituents is 1. The molecule has 2 aromatic rings. The Labute approximate surface area is 146 Å². The monoisotopic (exact) mass is 339 g/mol. The molecule has 2 N–H and O–H groups in total. The molecule has 0 aliphatic carbocycles. The number of rotatable bonds is 4. The summed E-state index contributed by atoms with van der Waals surface area (Å²) in [6.45, 7) is 1.42. The molecule has 1 saturated heterocycles. The number of likely N-dealkylation sites (tertiary alicyclic amines) is 1. The molecular formula is C20H21NO4. The van der Waals surface area contributed by atoms with E-state index in [1.807, 2.05) is 17.0 Å². The molecule has 1 aliphatic heterocycles. The first-order valence-corrected chi connectivity index (χ1v) is 8.43. The van der Waals surface area contributed by atoms with E-state index in [9.17, 15) is 14.7 Å². The molecule has 1 heterocycles. The molecule has 0 aromatic heterocycles. The van der Waals surface area contributed by atoms with Gasteiger partial charge in [0.2, 0.25) is 0 Å². The summed E-state index contributed by atoms with van der Waals surface area (Å²) >= 11 is 0. The van der Waals surface area contributed by atoms with Crippen molar-refractivity contribution in [3.63, 3.8) is 0 Å². The van der Waals surface area contributed by atoms with E-state index in [-0.39, 0.29) is 17.2 Å². The molecule has 1 fully saturated rings. The van der Waals surface area contributed by atoms with Gasteiger partial charge in [-0.05, 0) is 67.1 Å². The third-order valence-corrected chi connectivity index (χ3v) is 4.65. The Morgan fingerprint density at radius 2 is 1.64 bits per heavy atom. The topological polar surface area (TPSA) is 77.8 Å². The number of carboxylic acids is 1. The maximum absolute atomic E-state index is 12.7. The lowest BCUT2D eigenvalue weighted by Crippen LogP contribution is -2.40. The lowest BCUT2D eigenvalue weighted by atomic mass is 9.91. The Morgan fingerprint density at radius 1 is 1.00 bits per heavy atom. The highest BCUT2D eigenvalue weighted by atomic mass is 16.4. The van der Waals surface area contributed by atoms with Gasteiger partial charge in [-0.3, -0.25) is 4.79 Å². The fourth-order valence-corrected chi connectivity index (χ4v) is 3.32. The van der Waals surface area contributed by atoms with Gasteiger partial charge in [0.05, 0.1) is 5.56 Å². The number of carboxylic acid groups (broad SMARTS) is 1. The van der Waals surface area contributed by atoms with E-state index in [1.54, 1.807) is 24.3 Å². The maximum Gasteiger partial charge on any atom is 0.335 e. The van der Waals surface area contributed by atoms with Gasteiger partial charge in [-0.15, -0.1) is 0 Å². The van der Waals surface area contributed by atoms with Gasteiger partial charge in [-0.25, -0.2) is 4.79 Å². The number of carbonyl (C=O) groups is 2. The number of hydrogen-bond acceptors (Lipinski definition) is 3. The average molecular weight is 339 g/mol. The van der Waals surface area contributed by atoms with Gasteiger partial charge in [-0.2, -0.15) is 0 Å². The first kappa shape index (κ1) is 17.0. The van der Waals surface area contributed by atoms with E-state index in [4.69, 9.17) is 5.11 Å². The lowest BCUT2D eigenvalue weighted by Gasteiger charge is -2.33. The Hall–Kier alpha value is -2.82. The van der Waals surface area contributed by atoms with Crippen LogP contribution in [0.5, 0.6) is 5.75 Å². The summed E-state index contributed by atoms with van der Waals surface area (Å²) in [7, 11) is 0. The van der Waals surface area contributed by atoms with Gasteiger partial charge in [0, 0.05) is 18.7 Å². The standard InChI is InChI=1S/C20H21NO4/c22-18-9-3-14(4-10-18)12-15-2-1-11-21(13-15)19(23)16-5-7-17(8-6-16)20(24)25/h3-10,15,22H,1-2,11-13H2,(H,24,25). The normalized spacial score (nSPS) is 17.3. The third-order valence-electron chi connectivity index (χ3n) is 4.65. The van der Waals surface area contributed by atoms with Crippen molar-refractivity contribution in [1.29, 1.82) is 0 Å². The lowest BCUT2D eigenvalue weighted by molar-refractivity contribution is 0.0667. The number of phenols is 1. The molecule has 130 valence electrons. The minimum Gasteiger partial charge on any atom is -0.508 e. The molecule has 25 heavy (non-hydrogen) atoms. The van der Waals surface area contributed by atoms with Crippen molar-refractivity contribution < 1.29 is 19.8 Å². The largest absolute Gasteiger partial charge is 0.508 e. The first-order valence-electron chi connectivity index (χ1n) is 8.43. The summed E-state index contributed by atoms with van der Waals surface area (Å²) < 4.78 is 0. The SMILES string of the molecule is O=C(O)c1ccc(C(=O)N2CCCC(Cc3ccc(O)cc3)C2)cc1. The van der Waals surface area contributed by atoms with Crippen molar-refractivity contribution in [1.82, 2.24) is 4.90 Å². The van der Waals surface area contributed by atoms with Crippen molar-refractivity contribution in [3.8, 4) is 5.75 Å². The van der Waals surface area contributed by atoms with Crippen molar-refractivity contribution in [2.75, 3.05) is 13.1 Å². The van der Waals surface area contributed by atoms with Gasteiger partial charge in [0.1, 0.15) is 5.75 Å². The van der Waals surface area contributed by atoms with Crippen LogP contribution in [0.2, 0.25) is 0 Å². The van der Waals surface area contributed by atoms with Crippen molar-refractivity contribution in [2.24, 2.45) is 5.92 Å². The fraction of sp³-hybridized carbons (Fsp3) is 0.300. The average Bonchev–Trinajstić information content (AvgIpc) is 2.63. The van der Waals surface area contributed by atoms with Crippen LogP contribution in [0.15, 0.2) is 48.5 Å². The summed E-state index contributed by atoms with van der Waals surface area (Å²) in [6.07, 6.45) is 2.91. The fourth-order valence-electron chi connectivity index (χ4n) is 3.32. The van der Waals surface area contributed by atoms with Crippen LogP contribution in [0.3, 0.4) is 0 Å². The Morgan fingerprint density at radius 3 is 2.28 bits per heavy atom. The molecule has 3 rings (SSSR count). The Bertz CT molecular complexity index is 752. The molecule has 1 unspecified atom stereocenters. The molecule has 0 radical (unpaired) electrons. The first-order chi connectivity index (χ1) is 12.0. The predicted octanol–water partition coefficient (Wildman–Crippen LogP) is 3.19. The van der Waals surface area contributed by atoms with E-state index < -0.39 is 5.97 Å². The van der Waals surface area contributed by atoms with Crippen molar-refractivity contribution >= 4 is 11.9 Å². The Kier molecular flexibility index (Phi) is 5.03. The van der Waals surface area contributed by atoms with Gasteiger partial charge in [-0.1, -0.05) is 12.1 Å². The number of nitrogens with zero attached hydrogens (tertiary/aromatic N) is 1. The van der Waals surface area contributed by atoms with Crippen LogP contribution < -0.4 is 0 Å². The summed E-state index contributed by atoms with van der Waals surface area (Å²) in [5.74, 6) is -0.396. The number of aromatic carboxylic acids is 1. The van der Waals surface area contributed by atoms with Crippen LogP contribution >= 0.6 is 0 Å².